The number of tetrazole rings is 1. The summed E-state index contributed by atoms with van der Waals surface area (Å²) in [5, 5.41) is 27.5. The summed E-state index contributed by atoms with van der Waals surface area (Å²) >= 11 is 1.42. The second-order valence-electron chi connectivity index (χ2n) is 3.22. The van der Waals surface area contributed by atoms with E-state index in [1.807, 2.05) is 5.38 Å². The van der Waals surface area contributed by atoms with Crippen molar-refractivity contribution in [3.8, 4) is 0 Å². The first-order valence-electron chi connectivity index (χ1n) is 4.86. The lowest BCUT2D eigenvalue weighted by Gasteiger charge is -1.96. The minimum absolute atomic E-state index is 0.0913. The number of nitrogens with zero attached hydrogens (tertiary/aromatic N) is 4. The molecule has 2 aromatic heterocycles. The van der Waals surface area contributed by atoms with Gasteiger partial charge in [0.05, 0.1) is 18.7 Å². The van der Waals surface area contributed by atoms with Gasteiger partial charge in [0.25, 0.3) is 0 Å². The number of nitrogens with one attached hydrogen (secondary N) is 2. The fraction of sp³-hybridized carbons (Fsp3) is 0.375. The lowest BCUT2D eigenvalue weighted by molar-refractivity contribution is -0.136. The summed E-state index contributed by atoms with van der Waals surface area (Å²) in [5.74, 6) is -0.272. The van der Waals surface area contributed by atoms with Crippen LogP contribution in [-0.4, -0.2) is 36.7 Å². The van der Waals surface area contributed by atoms with E-state index in [1.54, 1.807) is 0 Å². The Labute approximate surface area is 100 Å². The van der Waals surface area contributed by atoms with E-state index >= 15 is 0 Å². The van der Waals surface area contributed by atoms with Crippen LogP contribution >= 0.6 is 11.3 Å². The van der Waals surface area contributed by atoms with Gasteiger partial charge in [0.15, 0.2) is 11.0 Å². The molecule has 0 aliphatic rings. The fourth-order valence-electron chi connectivity index (χ4n) is 1.15. The van der Waals surface area contributed by atoms with Gasteiger partial charge in [0.1, 0.15) is 0 Å². The number of hydrogen-bond donors (Lipinski definition) is 3. The summed E-state index contributed by atoms with van der Waals surface area (Å²) in [6.07, 6.45) is 0.531. The van der Waals surface area contributed by atoms with Crippen LogP contribution in [0.15, 0.2) is 5.38 Å². The quantitative estimate of drug-likeness (QED) is 0.678. The fourth-order valence-corrected chi connectivity index (χ4v) is 1.89. The molecule has 0 aliphatic carbocycles. The smallest absolute Gasteiger partial charge is 0.303 e. The average Bonchev–Trinajstić information content (AvgIpc) is 2.95. The Bertz CT molecular complexity index is 482. The molecule has 0 unspecified atom stereocenters. The van der Waals surface area contributed by atoms with Crippen molar-refractivity contribution >= 4 is 22.4 Å². The predicted molar refractivity (Wildman–Crippen MR) is 59.6 cm³/mol. The molecule has 8 nitrogen and oxygen atoms in total. The van der Waals surface area contributed by atoms with Gasteiger partial charge in [-0.05, 0) is 0 Å². The van der Waals surface area contributed by atoms with Gasteiger partial charge in [-0.1, -0.05) is 5.21 Å². The molecular formula is C8H10N6O2S. The van der Waals surface area contributed by atoms with Crippen LogP contribution in [0.25, 0.3) is 0 Å². The highest BCUT2D eigenvalue weighted by molar-refractivity contribution is 7.13. The van der Waals surface area contributed by atoms with Crippen LogP contribution in [0.5, 0.6) is 0 Å². The number of aliphatic carboxylic acids is 1. The summed E-state index contributed by atoms with van der Waals surface area (Å²) in [7, 11) is 0. The average molecular weight is 254 g/mol. The molecule has 0 atom stereocenters. The molecule has 0 aromatic carbocycles. The van der Waals surface area contributed by atoms with Gasteiger partial charge in [-0.15, -0.1) is 21.5 Å². The minimum atomic E-state index is -0.820. The van der Waals surface area contributed by atoms with Crippen molar-refractivity contribution in [3.63, 3.8) is 0 Å². The molecule has 3 N–H and O–H groups in total. The zero-order chi connectivity index (χ0) is 12.1. The monoisotopic (exact) mass is 254 g/mol. The molecule has 0 radical (unpaired) electrons. The first kappa shape index (κ1) is 11.5. The van der Waals surface area contributed by atoms with Gasteiger partial charge in [-0.25, -0.2) is 4.98 Å². The number of carboxylic acids is 1. The Kier molecular flexibility index (Phi) is 3.60. The Hall–Kier alpha value is -2.03. The maximum Gasteiger partial charge on any atom is 0.303 e. The number of anilines is 1. The van der Waals surface area contributed by atoms with Gasteiger partial charge >= 0.3 is 5.97 Å². The lowest BCUT2D eigenvalue weighted by atomic mass is 10.2. The number of aryl methyl sites for hydroxylation is 1. The zero-order valence-corrected chi connectivity index (χ0v) is 9.57. The highest BCUT2D eigenvalue weighted by Gasteiger charge is 2.05. The third-order valence-electron chi connectivity index (χ3n) is 1.93. The van der Waals surface area contributed by atoms with Crippen LogP contribution in [0.4, 0.5) is 5.13 Å². The van der Waals surface area contributed by atoms with Crippen LogP contribution in [0.2, 0.25) is 0 Å². The standard InChI is InChI=1S/C8H10N6O2S/c15-7(16)2-1-5-4-17-8(10-5)9-3-6-11-13-14-12-6/h4H,1-3H2,(H,9,10)(H,15,16)(H,11,12,13,14). The molecule has 17 heavy (non-hydrogen) atoms. The molecule has 0 aliphatic heterocycles. The number of carboxylic acid groups (broad SMARTS) is 1. The maximum atomic E-state index is 10.4. The van der Waals surface area contributed by atoms with Gasteiger partial charge < -0.3 is 10.4 Å². The second kappa shape index (κ2) is 5.34. The van der Waals surface area contributed by atoms with Crippen molar-refractivity contribution in [2.45, 2.75) is 19.4 Å². The molecule has 0 bridgehead atoms. The molecule has 0 saturated heterocycles. The number of carbonyl (C=O) groups is 1. The van der Waals surface area contributed by atoms with Crippen LogP contribution < -0.4 is 5.32 Å². The Morgan fingerprint density at radius 2 is 2.47 bits per heavy atom. The molecule has 2 aromatic rings. The van der Waals surface area contributed by atoms with Crippen LogP contribution in [0.3, 0.4) is 0 Å². The SMILES string of the molecule is O=C(O)CCc1csc(NCc2nn[nH]n2)n1. The van der Waals surface area contributed by atoms with Crippen molar-refractivity contribution in [1.29, 1.82) is 0 Å². The number of aromatic amines is 1. The third-order valence-corrected chi connectivity index (χ3v) is 2.78. The largest absolute Gasteiger partial charge is 0.481 e. The second-order valence-corrected chi connectivity index (χ2v) is 4.08. The number of aromatic nitrogens is 5. The Morgan fingerprint density at radius 3 is 3.18 bits per heavy atom. The van der Waals surface area contributed by atoms with E-state index in [0.29, 0.717) is 18.8 Å². The molecule has 2 heterocycles. The number of thiazole rings is 1. The van der Waals surface area contributed by atoms with Gasteiger partial charge in [-0.2, -0.15) is 5.21 Å². The van der Waals surface area contributed by atoms with Crippen LogP contribution in [0.1, 0.15) is 17.9 Å². The topological polar surface area (TPSA) is 117 Å². The molecule has 0 amide bonds. The van der Waals surface area contributed by atoms with Crippen molar-refractivity contribution in [3.05, 3.63) is 16.9 Å². The van der Waals surface area contributed by atoms with E-state index < -0.39 is 5.97 Å². The van der Waals surface area contributed by atoms with E-state index in [1.165, 1.54) is 11.3 Å². The van der Waals surface area contributed by atoms with E-state index in [4.69, 9.17) is 5.11 Å². The number of H-pyrrole nitrogens is 1. The van der Waals surface area contributed by atoms with Crippen molar-refractivity contribution < 1.29 is 9.90 Å². The predicted octanol–water partition coefficient (Wildman–Crippen LogP) is 0.285. The van der Waals surface area contributed by atoms with Crippen molar-refractivity contribution in [2.24, 2.45) is 0 Å². The lowest BCUT2D eigenvalue weighted by Crippen LogP contribution is -2.02. The van der Waals surface area contributed by atoms with Gasteiger partial charge in [0, 0.05) is 11.8 Å². The summed E-state index contributed by atoms with van der Waals surface area (Å²) < 4.78 is 0. The third kappa shape index (κ3) is 3.48. The van der Waals surface area contributed by atoms with Gasteiger partial charge in [0.2, 0.25) is 0 Å². The van der Waals surface area contributed by atoms with Crippen molar-refractivity contribution in [1.82, 2.24) is 25.6 Å². The summed E-state index contributed by atoms with van der Waals surface area (Å²) in [5.41, 5.74) is 0.771. The first-order chi connectivity index (χ1) is 8.24. The Balaban J connectivity index is 1.83. The molecule has 2 rings (SSSR count). The van der Waals surface area contributed by atoms with Crippen LogP contribution in [-0.2, 0) is 17.8 Å². The highest BCUT2D eigenvalue weighted by Crippen LogP contribution is 2.16. The summed E-state index contributed by atoms with van der Waals surface area (Å²) in [4.78, 5) is 14.6. The number of rotatable bonds is 6. The van der Waals surface area contributed by atoms with E-state index in [-0.39, 0.29) is 6.42 Å². The molecule has 0 spiro atoms. The molecule has 9 heteroatoms. The number of hydrogen-bond acceptors (Lipinski definition) is 7. The highest BCUT2D eigenvalue weighted by atomic mass is 32.1. The first-order valence-corrected chi connectivity index (χ1v) is 5.74. The van der Waals surface area contributed by atoms with Crippen LogP contribution in [0, 0.1) is 0 Å². The van der Waals surface area contributed by atoms with E-state index in [9.17, 15) is 4.79 Å². The van der Waals surface area contributed by atoms with E-state index in [2.05, 4.69) is 30.9 Å². The molecule has 0 saturated carbocycles. The van der Waals surface area contributed by atoms with Crippen molar-refractivity contribution in [2.75, 3.05) is 5.32 Å². The van der Waals surface area contributed by atoms with E-state index in [0.717, 1.165) is 10.8 Å². The Morgan fingerprint density at radius 1 is 1.59 bits per heavy atom. The maximum absolute atomic E-state index is 10.4. The summed E-state index contributed by atoms with van der Waals surface area (Å²) in [6.45, 7) is 0.433. The molecule has 90 valence electrons. The molecular weight excluding hydrogens is 244 g/mol. The zero-order valence-electron chi connectivity index (χ0n) is 8.75. The molecule has 0 fully saturated rings. The summed E-state index contributed by atoms with van der Waals surface area (Å²) in [6, 6.07) is 0. The normalized spacial score (nSPS) is 10.4. The minimum Gasteiger partial charge on any atom is -0.481 e. The van der Waals surface area contributed by atoms with Gasteiger partial charge in [-0.3, -0.25) is 4.79 Å².